The summed E-state index contributed by atoms with van der Waals surface area (Å²) in [6, 6.07) is 10.0. The van der Waals surface area contributed by atoms with Crippen LogP contribution in [-0.4, -0.2) is 12.5 Å². The Hall–Kier alpha value is -1.57. The predicted molar refractivity (Wildman–Crippen MR) is 73.5 cm³/mol. The van der Waals surface area contributed by atoms with E-state index in [1.807, 2.05) is 35.2 Å². The summed E-state index contributed by atoms with van der Waals surface area (Å²) < 4.78 is 0. The number of hydrogen-bond donors (Lipinski definition) is 0. The van der Waals surface area contributed by atoms with Gasteiger partial charge in [-0.15, -0.1) is 0 Å². The molecule has 1 aromatic carbocycles. The lowest BCUT2D eigenvalue weighted by Crippen LogP contribution is -2.26. The number of anilines is 1. The molecule has 0 saturated heterocycles. The van der Waals surface area contributed by atoms with Crippen molar-refractivity contribution >= 4 is 11.6 Å². The monoisotopic (exact) mass is 241 g/mol. The van der Waals surface area contributed by atoms with Crippen molar-refractivity contribution in [3.8, 4) is 0 Å². The van der Waals surface area contributed by atoms with Crippen LogP contribution in [0.15, 0.2) is 41.5 Å². The largest absolute Gasteiger partial charge is 0.305 e. The van der Waals surface area contributed by atoms with Crippen LogP contribution in [0.25, 0.3) is 0 Å². The van der Waals surface area contributed by atoms with Gasteiger partial charge in [-0.2, -0.15) is 0 Å². The highest BCUT2D eigenvalue weighted by molar-refractivity contribution is 6.09. The maximum atomic E-state index is 12.5. The Morgan fingerprint density at radius 1 is 0.889 bits per heavy atom. The second-order valence-electron chi connectivity index (χ2n) is 5.22. The van der Waals surface area contributed by atoms with E-state index in [0.29, 0.717) is 0 Å². The third-order valence-corrected chi connectivity index (χ3v) is 4.00. The van der Waals surface area contributed by atoms with Gasteiger partial charge < -0.3 is 4.90 Å². The standard InChI is InChI=1S/C16H19NO/c18-16-15-11-7-2-1-4-8-13(15)12-17(16)14-9-5-3-6-10-14/h3,5-6,9-10H,1-2,4,7-8,11-12H2. The van der Waals surface area contributed by atoms with E-state index in [-0.39, 0.29) is 5.91 Å². The van der Waals surface area contributed by atoms with Gasteiger partial charge in [-0.3, -0.25) is 4.79 Å². The van der Waals surface area contributed by atoms with Crippen molar-refractivity contribution in [2.45, 2.75) is 38.5 Å². The molecule has 0 spiro atoms. The Bertz CT molecular complexity index is 475. The molecule has 1 aliphatic heterocycles. The summed E-state index contributed by atoms with van der Waals surface area (Å²) in [6.45, 7) is 0.818. The average Bonchev–Trinajstić information content (AvgIpc) is 2.67. The number of nitrogens with zero attached hydrogens (tertiary/aromatic N) is 1. The minimum atomic E-state index is 0.248. The molecule has 3 rings (SSSR count). The van der Waals surface area contributed by atoms with Gasteiger partial charge in [-0.25, -0.2) is 0 Å². The van der Waals surface area contributed by atoms with E-state index < -0.39 is 0 Å². The molecule has 1 heterocycles. The van der Waals surface area contributed by atoms with E-state index in [0.717, 1.165) is 30.6 Å². The Kier molecular flexibility index (Phi) is 3.18. The van der Waals surface area contributed by atoms with Crippen molar-refractivity contribution in [2.75, 3.05) is 11.4 Å². The van der Waals surface area contributed by atoms with Crippen LogP contribution in [0.3, 0.4) is 0 Å². The molecule has 0 saturated carbocycles. The number of amides is 1. The minimum Gasteiger partial charge on any atom is -0.305 e. The maximum absolute atomic E-state index is 12.5. The van der Waals surface area contributed by atoms with Gasteiger partial charge in [0.2, 0.25) is 0 Å². The van der Waals surface area contributed by atoms with Crippen LogP contribution in [0.5, 0.6) is 0 Å². The zero-order valence-corrected chi connectivity index (χ0v) is 10.7. The van der Waals surface area contributed by atoms with Crippen LogP contribution >= 0.6 is 0 Å². The number of carbonyl (C=O) groups excluding carboxylic acids is 1. The Labute approximate surface area is 108 Å². The summed E-state index contributed by atoms with van der Waals surface area (Å²) in [6.07, 6.45) is 7.11. The highest BCUT2D eigenvalue weighted by atomic mass is 16.2. The fraction of sp³-hybridized carbons (Fsp3) is 0.438. The maximum Gasteiger partial charge on any atom is 0.254 e. The lowest BCUT2D eigenvalue weighted by Gasteiger charge is -2.16. The van der Waals surface area contributed by atoms with Crippen molar-refractivity contribution in [3.05, 3.63) is 41.5 Å². The normalized spacial score (nSPS) is 20.7. The first-order valence-electron chi connectivity index (χ1n) is 6.94. The van der Waals surface area contributed by atoms with Crippen molar-refractivity contribution in [1.82, 2.24) is 0 Å². The first kappa shape index (κ1) is 11.5. The molecule has 94 valence electrons. The van der Waals surface area contributed by atoms with Gasteiger partial charge in [-0.05, 0) is 43.4 Å². The van der Waals surface area contributed by atoms with Crippen LogP contribution in [0.2, 0.25) is 0 Å². The summed E-state index contributed by atoms with van der Waals surface area (Å²) in [7, 11) is 0. The van der Waals surface area contributed by atoms with E-state index in [4.69, 9.17) is 0 Å². The molecule has 0 unspecified atom stereocenters. The van der Waals surface area contributed by atoms with Gasteiger partial charge in [0, 0.05) is 17.8 Å². The molecular weight excluding hydrogens is 222 g/mol. The van der Waals surface area contributed by atoms with Gasteiger partial charge in [0.25, 0.3) is 5.91 Å². The van der Waals surface area contributed by atoms with Gasteiger partial charge in [0.1, 0.15) is 0 Å². The summed E-state index contributed by atoms with van der Waals surface area (Å²) in [5.74, 6) is 0.248. The molecule has 2 nitrogen and oxygen atoms in total. The summed E-state index contributed by atoms with van der Waals surface area (Å²) in [5.41, 5.74) is 3.54. The lowest BCUT2D eigenvalue weighted by atomic mass is 9.95. The zero-order valence-electron chi connectivity index (χ0n) is 10.7. The number of carbonyl (C=O) groups is 1. The quantitative estimate of drug-likeness (QED) is 0.734. The third-order valence-electron chi connectivity index (χ3n) is 4.00. The van der Waals surface area contributed by atoms with Crippen LogP contribution in [0.1, 0.15) is 38.5 Å². The van der Waals surface area contributed by atoms with E-state index in [2.05, 4.69) is 0 Å². The van der Waals surface area contributed by atoms with E-state index in [1.165, 1.54) is 31.3 Å². The molecule has 0 atom stereocenters. The van der Waals surface area contributed by atoms with Crippen molar-refractivity contribution < 1.29 is 4.79 Å². The Morgan fingerprint density at radius 2 is 1.61 bits per heavy atom. The molecule has 1 aromatic rings. The predicted octanol–water partition coefficient (Wildman–Crippen LogP) is 3.68. The van der Waals surface area contributed by atoms with E-state index in [9.17, 15) is 4.79 Å². The molecule has 2 heteroatoms. The molecule has 2 aliphatic rings. The SMILES string of the molecule is O=C1C2=C(CCCCCC2)CN1c1ccccc1. The van der Waals surface area contributed by atoms with Gasteiger partial charge in [-0.1, -0.05) is 31.0 Å². The van der Waals surface area contributed by atoms with Gasteiger partial charge in [0.15, 0.2) is 0 Å². The molecule has 0 fully saturated rings. The molecular formula is C16H19NO. The van der Waals surface area contributed by atoms with Gasteiger partial charge >= 0.3 is 0 Å². The Morgan fingerprint density at radius 3 is 2.39 bits per heavy atom. The molecule has 0 aromatic heterocycles. The third kappa shape index (κ3) is 2.07. The van der Waals surface area contributed by atoms with Gasteiger partial charge in [0.05, 0.1) is 0 Å². The number of rotatable bonds is 1. The molecule has 0 radical (unpaired) electrons. The first-order chi connectivity index (χ1) is 8.86. The summed E-state index contributed by atoms with van der Waals surface area (Å²) in [5, 5.41) is 0. The molecule has 1 amide bonds. The number of benzene rings is 1. The van der Waals surface area contributed by atoms with E-state index in [1.54, 1.807) is 0 Å². The molecule has 1 aliphatic carbocycles. The lowest BCUT2D eigenvalue weighted by molar-refractivity contribution is -0.114. The highest BCUT2D eigenvalue weighted by Crippen LogP contribution is 2.32. The topological polar surface area (TPSA) is 20.3 Å². The first-order valence-corrected chi connectivity index (χ1v) is 6.94. The zero-order chi connectivity index (χ0) is 12.4. The molecule has 0 bridgehead atoms. The number of para-hydroxylation sites is 1. The minimum absolute atomic E-state index is 0.248. The van der Waals surface area contributed by atoms with Crippen LogP contribution < -0.4 is 4.90 Å². The summed E-state index contributed by atoms with van der Waals surface area (Å²) in [4.78, 5) is 14.4. The van der Waals surface area contributed by atoms with Crippen LogP contribution in [-0.2, 0) is 4.79 Å². The van der Waals surface area contributed by atoms with Crippen LogP contribution in [0, 0.1) is 0 Å². The average molecular weight is 241 g/mol. The van der Waals surface area contributed by atoms with Crippen molar-refractivity contribution in [3.63, 3.8) is 0 Å². The van der Waals surface area contributed by atoms with Crippen molar-refractivity contribution in [2.24, 2.45) is 0 Å². The fourth-order valence-corrected chi connectivity index (χ4v) is 3.00. The van der Waals surface area contributed by atoms with E-state index >= 15 is 0 Å². The van der Waals surface area contributed by atoms with Crippen molar-refractivity contribution in [1.29, 1.82) is 0 Å². The molecule has 18 heavy (non-hydrogen) atoms. The number of hydrogen-bond acceptors (Lipinski definition) is 1. The van der Waals surface area contributed by atoms with Crippen LogP contribution in [0.4, 0.5) is 5.69 Å². The second kappa shape index (κ2) is 4.97. The second-order valence-corrected chi connectivity index (χ2v) is 5.22. The Balaban J connectivity index is 1.85. The summed E-state index contributed by atoms with van der Waals surface area (Å²) >= 11 is 0. The molecule has 0 N–H and O–H groups in total. The fourth-order valence-electron chi connectivity index (χ4n) is 3.00. The highest BCUT2D eigenvalue weighted by Gasteiger charge is 2.30. The smallest absolute Gasteiger partial charge is 0.254 e.